The second-order valence-electron chi connectivity index (χ2n) is 4.59. The van der Waals surface area contributed by atoms with Crippen LogP contribution >= 0.6 is 27.3 Å². The molecule has 0 saturated carbocycles. The van der Waals surface area contributed by atoms with Gasteiger partial charge in [0.15, 0.2) is 11.5 Å². The van der Waals surface area contributed by atoms with Gasteiger partial charge in [0.25, 0.3) is 0 Å². The van der Waals surface area contributed by atoms with E-state index in [4.69, 9.17) is 14.5 Å². The fraction of sp³-hybridized carbons (Fsp3) is 0.118. The van der Waals surface area contributed by atoms with Crippen molar-refractivity contribution in [1.29, 1.82) is 0 Å². The van der Waals surface area contributed by atoms with E-state index >= 15 is 0 Å². The molecular formula is C17H14BrNO2S. The van der Waals surface area contributed by atoms with E-state index in [0.29, 0.717) is 11.5 Å². The van der Waals surface area contributed by atoms with Crippen LogP contribution in [0.4, 0.5) is 0 Å². The van der Waals surface area contributed by atoms with Crippen LogP contribution < -0.4 is 9.47 Å². The van der Waals surface area contributed by atoms with Crippen molar-refractivity contribution in [3.8, 4) is 33.3 Å². The molecule has 0 amide bonds. The number of methoxy groups -OCH3 is 2. The standard InChI is InChI=1S/C17H14BrNO2S/c1-20-15-8-4-7-13(16(15)21-2)17-19-14(10-22-17)11-5-3-6-12(18)9-11/h3-10H,1-2H3. The molecule has 112 valence electrons. The van der Waals surface area contributed by atoms with Gasteiger partial charge in [-0.1, -0.05) is 34.1 Å². The predicted octanol–water partition coefficient (Wildman–Crippen LogP) is 5.26. The molecule has 0 unspecified atom stereocenters. The fourth-order valence-electron chi connectivity index (χ4n) is 2.23. The van der Waals surface area contributed by atoms with Crippen LogP contribution in [-0.2, 0) is 0 Å². The molecule has 0 fully saturated rings. The largest absolute Gasteiger partial charge is 0.493 e. The quantitative estimate of drug-likeness (QED) is 0.623. The molecule has 3 nitrogen and oxygen atoms in total. The molecule has 1 heterocycles. The van der Waals surface area contributed by atoms with Gasteiger partial charge in [-0.3, -0.25) is 0 Å². The first-order chi connectivity index (χ1) is 10.7. The number of benzene rings is 2. The summed E-state index contributed by atoms with van der Waals surface area (Å²) in [7, 11) is 3.28. The lowest BCUT2D eigenvalue weighted by Gasteiger charge is -2.10. The summed E-state index contributed by atoms with van der Waals surface area (Å²) in [6.45, 7) is 0. The van der Waals surface area contributed by atoms with Crippen molar-refractivity contribution in [2.45, 2.75) is 0 Å². The van der Waals surface area contributed by atoms with Gasteiger partial charge in [0.2, 0.25) is 0 Å². The van der Waals surface area contributed by atoms with Crippen molar-refractivity contribution in [3.63, 3.8) is 0 Å². The van der Waals surface area contributed by atoms with Crippen LogP contribution in [0.5, 0.6) is 11.5 Å². The lowest BCUT2D eigenvalue weighted by Crippen LogP contribution is -1.92. The highest BCUT2D eigenvalue weighted by Gasteiger charge is 2.15. The minimum absolute atomic E-state index is 0.708. The average molecular weight is 376 g/mol. The Labute approximate surface area is 141 Å². The monoisotopic (exact) mass is 375 g/mol. The predicted molar refractivity (Wildman–Crippen MR) is 93.8 cm³/mol. The Balaban J connectivity index is 2.05. The molecule has 0 aliphatic rings. The number of rotatable bonds is 4. The Hall–Kier alpha value is -1.85. The first-order valence-corrected chi connectivity index (χ1v) is 8.33. The second-order valence-corrected chi connectivity index (χ2v) is 6.36. The molecule has 3 rings (SSSR count). The summed E-state index contributed by atoms with van der Waals surface area (Å²) in [6.07, 6.45) is 0. The highest BCUT2D eigenvalue weighted by atomic mass is 79.9. The number of aromatic nitrogens is 1. The number of ether oxygens (including phenoxy) is 2. The van der Waals surface area contributed by atoms with E-state index in [2.05, 4.69) is 27.4 Å². The maximum atomic E-state index is 5.49. The van der Waals surface area contributed by atoms with Gasteiger partial charge in [0.05, 0.1) is 25.5 Å². The number of halogens is 1. The zero-order valence-electron chi connectivity index (χ0n) is 12.2. The van der Waals surface area contributed by atoms with Gasteiger partial charge in [-0.15, -0.1) is 11.3 Å². The van der Waals surface area contributed by atoms with Gasteiger partial charge in [0, 0.05) is 15.4 Å². The van der Waals surface area contributed by atoms with Gasteiger partial charge in [-0.2, -0.15) is 0 Å². The Bertz CT molecular complexity index is 801. The Morgan fingerprint density at radius 1 is 1.05 bits per heavy atom. The molecule has 0 aliphatic heterocycles. The molecule has 0 bridgehead atoms. The zero-order chi connectivity index (χ0) is 15.5. The lowest BCUT2D eigenvalue weighted by atomic mass is 10.1. The third-order valence-electron chi connectivity index (χ3n) is 3.26. The van der Waals surface area contributed by atoms with E-state index in [1.807, 2.05) is 36.4 Å². The van der Waals surface area contributed by atoms with Crippen LogP contribution in [0, 0.1) is 0 Å². The number of nitrogens with zero attached hydrogens (tertiary/aromatic N) is 1. The van der Waals surface area contributed by atoms with Crippen molar-refractivity contribution in [1.82, 2.24) is 4.98 Å². The first-order valence-electron chi connectivity index (χ1n) is 6.65. The maximum Gasteiger partial charge on any atom is 0.170 e. The van der Waals surface area contributed by atoms with Crippen LogP contribution in [0.15, 0.2) is 52.3 Å². The second kappa shape index (κ2) is 6.50. The molecule has 22 heavy (non-hydrogen) atoms. The van der Waals surface area contributed by atoms with E-state index in [-0.39, 0.29) is 0 Å². The number of para-hydroxylation sites is 1. The van der Waals surface area contributed by atoms with Crippen molar-refractivity contribution in [2.75, 3.05) is 14.2 Å². The van der Waals surface area contributed by atoms with Crippen LogP contribution in [0.1, 0.15) is 0 Å². The van der Waals surface area contributed by atoms with Crippen molar-refractivity contribution < 1.29 is 9.47 Å². The molecule has 0 atom stereocenters. The summed E-state index contributed by atoms with van der Waals surface area (Å²) in [5.74, 6) is 1.42. The van der Waals surface area contributed by atoms with Crippen molar-refractivity contribution in [3.05, 3.63) is 52.3 Å². The molecule has 3 aromatic rings. The molecule has 0 spiro atoms. The molecule has 0 radical (unpaired) electrons. The zero-order valence-corrected chi connectivity index (χ0v) is 14.6. The van der Waals surface area contributed by atoms with Crippen molar-refractivity contribution >= 4 is 27.3 Å². The number of thiazole rings is 1. The summed E-state index contributed by atoms with van der Waals surface area (Å²) < 4.78 is 11.9. The average Bonchev–Trinajstić information content (AvgIpc) is 3.03. The number of hydrogen-bond acceptors (Lipinski definition) is 4. The van der Waals surface area contributed by atoms with E-state index in [9.17, 15) is 0 Å². The Morgan fingerprint density at radius 2 is 1.86 bits per heavy atom. The van der Waals surface area contributed by atoms with E-state index in [1.165, 1.54) is 0 Å². The van der Waals surface area contributed by atoms with Gasteiger partial charge < -0.3 is 9.47 Å². The third-order valence-corrected chi connectivity index (χ3v) is 4.63. The molecule has 1 aromatic heterocycles. The van der Waals surface area contributed by atoms with Crippen LogP contribution in [0.2, 0.25) is 0 Å². The fourth-order valence-corrected chi connectivity index (χ4v) is 3.48. The summed E-state index contributed by atoms with van der Waals surface area (Å²) in [6, 6.07) is 13.9. The third kappa shape index (κ3) is 2.87. The van der Waals surface area contributed by atoms with Crippen LogP contribution in [0.3, 0.4) is 0 Å². The van der Waals surface area contributed by atoms with Crippen LogP contribution in [-0.4, -0.2) is 19.2 Å². The van der Waals surface area contributed by atoms with Gasteiger partial charge in [-0.05, 0) is 24.3 Å². The lowest BCUT2D eigenvalue weighted by molar-refractivity contribution is 0.356. The SMILES string of the molecule is COc1cccc(-c2nc(-c3cccc(Br)c3)cs2)c1OC. The van der Waals surface area contributed by atoms with E-state index < -0.39 is 0 Å². The van der Waals surface area contributed by atoms with Crippen LogP contribution in [0.25, 0.3) is 21.8 Å². The summed E-state index contributed by atoms with van der Waals surface area (Å²) in [5, 5.41) is 2.96. The van der Waals surface area contributed by atoms with Gasteiger partial charge in [-0.25, -0.2) is 4.98 Å². The van der Waals surface area contributed by atoms with E-state index in [0.717, 1.165) is 26.3 Å². The molecule has 5 heteroatoms. The molecule has 0 saturated heterocycles. The first kappa shape index (κ1) is 15.1. The summed E-state index contributed by atoms with van der Waals surface area (Å²) in [4.78, 5) is 4.74. The van der Waals surface area contributed by atoms with Gasteiger partial charge in [0.1, 0.15) is 5.01 Å². The summed E-state index contributed by atoms with van der Waals surface area (Å²) in [5.41, 5.74) is 2.97. The highest BCUT2D eigenvalue weighted by Crippen LogP contribution is 2.40. The normalized spacial score (nSPS) is 10.5. The minimum Gasteiger partial charge on any atom is -0.493 e. The topological polar surface area (TPSA) is 31.4 Å². The van der Waals surface area contributed by atoms with Crippen molar-refractivity contribution in [2.24, 2.45) is 0 Å². The van der Waals surface area contributed by atoms with E-state index in [1.54, 1.807) is 25.6 Å². The molecule has 0 N–H and O–H groups in total. The highest BCUT2D eigenvalue weighted by molar-refractivity contribution is 9.10. The molecule has 0 aliphatic carbocycles. The Morgan fingerprint density at radius 3 is 2.59 bits per heavy atom. The maximum absolute atomic E-state index is 5.49. The smallest absolute Gasteiger partial charge is 0.170 e. The summed E-state index contributed by atoms with van der Waals surface area (Å²) >= 11 is 5.08. The molecule has 2 aromatic carbocycles. The number of hydrogen-bond donors (Lipinski definition) is 0. The molecular weight excluding hydrogens is 362 g/mol. The minimum atomic E-state index is 0.708. The van der Waals surface area contributed by atoms with Gasteiger partial charge >= 0.3 is 0 Å². The Kier molecular flexibility index (Phi) is 4.45.